The average molecular weight is 291 g/mol. The van der Waals surface area contributed by atoms with E-state index < -0.39 is 0 Å². The molecule has 0 aliphatic heterocycles. The Morgan fingerprint density at radius 1 is 1.24 bits per heavy atom. The summed E-state index contributed by atoms with van der Waals surface area (Å²) in [5, 5.41) is 3.56. The van der Waals surface area contributed by atoms with Crippen molar-refractivity contribution in [3.05, 3.63) is 29.8 Å². The average Bonchev–Trinajstić information content (AvgIpc) is 2.48. The number of rotatable bonds is 9. The molecule has 1 saturated carbocycles. The van der Waals surface area contributed by atoms with Crippen molar-refractivity contribution >= 4 is 0 Å². The molecule has 1 N–H and O–H groups in total. The summed E-state index contributed by atoms with van der Waals surface area (Å²) in [6.07, 6.45) is 5.15. The van der Waals surface area contributed by atoms with E-state index >= 15 is 0 Å². The largest absolute Gasteiger partial charge is 0.496 e. The molecule has 0 radical (unpaired) electrons. The fourth-order valence-corrected chi connectivity index (χ4v) is 3.70. The van der Waals surface area contributed by atoms with Crippen LogP contribution in [0, 0.1) is 5.92 Å². The van der Waals surface area contributed by atoms with Gasteiger partial charge in [0.2, 0.25) is 0 Å². The molecule has 0 unspecified atom stereocenters. The van der Waals surface area contributed by atoms with Gasteiger partial charge in [0.05, 0.1) is 13.7 Å². The van der Waals surface area contributed by atoms with Crippen LogP contribution in [0.25, 0.3) is 0 Å². The maximum absolute atomic E-state index is 5.60. The molecule has 21 heavy (non-hydrogen) atoms. The van der Waals surface area contributed by atoms with Gasteiger partial charge in [-0.25, -0.2) is 0 Å². The lowest BCUT2D eigenvalue weighted by Crippen LogP contribution is -2.49. The monoisotopic (exact) mass is 291 g/mol. The summed E-state index contributed by atoms with van der Waals surface area (Å²) < 4.78 is 10.7. The molecule has 3 nitrogen and oxygen atoms in total. The topological polar surface area (TPSA) is 30.5 Å². The Kier molecular flexibility index (Phi) is 6.07. The van der Waals surface area contributed by atoms with E-state index in [-0.39, 0.29) is 5.41 Å². The minimum atomic E-state index is 0.236. The molecular weight excluding hydrogens is 262 g/mol. The van der Waals surface area contributed by atoms with Crippen LogP contribution in [0.2, 0.25) is 0 Å². The van der Waals surface area contributed by atoms with Crippen molar-refractivity contribution in [2.45, 2.75) is 38.0 Å². The number of hydrogen-bond acceptors (Lipinski definition) is 3. The number of benzene rings is 1. The summed E-state index contributed by atoms with van der Waals surface area (Å²) in [7, 11) is 3.52. The van der Waals surface area contributed by atoms with E-state index in [1.807, 2.05) is 0 Å². The Morgan fingerprint density at radius 3 is 2.67 bits per heavy atom. The van der Waals surface area contributed by atoms with Gasteiger partial charge < -0.3 is 14.8 Å². The van der Waals surface area contributed by atoms with Crippen LogP contribution in [0.3, 0.4) is 0 Å². The Hall–Kier alpha value is -1.06. The third-order valence-corrected chi connectivity index (χ3v) is 4.68. The first kappa shape index (κ1) is 16.3. The number of methoxy groups -OCH3 is 2. The van der Waals surface area contributed by atoms with Crippen molar-refractivity contribution in [1.82, 2.24) is 5.32 Å². The first-order valence-corrected chi connectivity index (χ1v) is 8.09. The highest BCUT2D eigenvalue weighted by molar-refractivity contribution is 5.42. The fourth-order valence-electron chi connectivity index (χ4n) is 3.70. The second kappa shape index (κ2) is 7.81. The first-order chi connectivity index (χ1) is 10.3. The van der Waals surface area contributed by atoms with Gasteiger partial charge in [-0.1, -0.05) is 38.0 Å². The van der Waals surface area contributed by atoms with E-state index in [2.05, 4.69) is 36.5 Å². The summed E-state index contributed by atoms with van der Waals surface area (Å²) in [5.74, 6) is 1.89. The van der Waals surface area contributed by atoms with Gasteiger partial charge in [0, 0.05) is 31.2 Å². The van der Waals surface area contributed by atoms with Gasteiger partial charge in [0.1, 0.15) is 5.75 Å². The number of hydrogen-bond donors (Lipinski definition) is 1. The van der Waals surface area contributed by atoms with E-state index in [1.54, 1.807) is 14.2 Å². The van der Waals surface area contributed by atoms with Crippen LogP contribution in [0.15, 0.2) is 24.3 Å². The van der Waals surface area contributed by atoms with Crippen molar-refractivity contribution in [3.8, 4) is 5.75 Å². The smallest absolute Gasteiger partial charge is 0.122 e. The van der Waals surface area contributed by atoms with Crippen LogP contribution in [-0.4, -0.2) is 33.9 Å². The second-order valence-electron chi connectivity index (χ2n) is 6.21. The molecular formula is C18H29NO2. The molecule has 0 heterocycles. The third-order valence-electron chi connectivity index (χ3n) is 4.68. The molecule has 3 heteroatoms. The van der Waals surface area contributed by atoms with E-state index in [0.29, 0.717) is 0 Å². The molecule has 0 saturated heterocycles. The van der Waals surface area contributed by atoms with Crippen LogP contribution in [0.1, 0.15) is 38.2 Å². The molecule has 1 fully saturated rings. The van der Waals surface area contributed by atoms with Gasteiger partial charge in [-0.3, -0.25) is 0 Å². The maximum Gasteiger partial charge on any atom is 0.122 e. The van der Waals surface area contributed by atoms with Crippen LogP contribution in [0.5, 0.6) is 5.75 Å². The molecule has 0 amide bonds. The summed E-state index contributed by atoms with van der Waals surface area (Å²) in [5.41, 5.74) is 1.60. The Morgan fingerprint density at radius 2 is 2.00 bits per heavy atom. The maximum atomic E-state index is 5.60. The van der Waals surface area contributed by atoms with E-state index in [9.17, 15) is 0 Å². The predicted molar refractivity (Wildman–Crippen MR) is 87.0 cm³/mol. The van der Waals surface area contributed by atoms with E-state index in [1.165, 1.54) is 31.2 Å². The Bertz CT molecular complexity index is 427. The highest BCUT2D eigenvalue weighted by atomic mass is 16.5. The molecule has 1 aliphatic rings. The summed E-state index contributed by atoms with van der Waals surface area (Å²) in [6, 6.07) is 8.50. The minimum absolute atomic E-state index is 0.236. The van der Waals surface area contributed by atoms with Gasteiger partial charge in [-0.05, 0) is 24.8 Å². The van der Waals surface area contributed by atoms with Crippen molar-refractivity contribution in [2.75, 3.05) is 33.9 Å². The quantitative estimate of drug-likeness (QED) is 0.708. The van der Waals surface area contributed by atoms with Gasteiger partial charge in [-0.15, -0.1) is 0 Å². The zero-order chi connectivity index (χ0) is 15.1. The number of nitrogens with one attached hydrogen (secondary N) is 1. The van der Waals surface area contributed by atoms with E-state index in [0.717, 1.165) is 31.4 Å². The van der Waals surface area contributed by atoms with Gasteiger partial charge in [0.15, 0.2) is 0 Å². The van der Waals surface area contributed by atoms with Crippen molar-refractivity contribution in [2.24, 2.45) is 5.92 Å². The van der Waals surface area contributed by atoms with Crippen LogP contribution in [0.4, 0.5) is 0 Å². The van der Waals surface area contributed by atoms with Gasteiger partial charge in [-0.2, -0.15) is 0 Å². The Labute approximate surface area is 129 Å². The highest BCUT2D eigenvalue weighted by Gasteiger charge is 2.45. The Balaban J connectivity index is 2.09. The van der Waals surface area contributed by atoms with Crippen molar-refractivity contribution in [3.63, 3.8) is 0 Å². The lowest BCUT2D eigenvalue weighted by molar-refractivity contribution is 0.120. The highest BCUT2D eigenvalue weighted by Crippen LogP contribution is 2.51. The molecule has 0 atom stereocenters. The first-order valence-electron chi connectivity index (χ1n) is 8.09. The molecule has 1 aromatic carbocycles. The minimum Gasteiger partial charge on any atom is -0.496 e. The summed E-state index contributed by atoms with van der Waals surface area (Å²) in [4.78, 5) is 0. The molecule has 0 aromatic heterocycles. The van der Waals surface area contributed by atoms with Crippen molar-refractivity contribution in [1.29, 1.82) is 0 Å². The molecule has 1 aliphatic carbocycles. The van der Waals surface area contributed by atoms with Crippen LogP contribution >= 0.6 is 0 Å². The number of para-hydroxylation sites is 1. The summed E-state index contributed by atoms with van der Waals surface area (Å²) >= 11 is 0. The normalized spacial score (nSPS) is 24.6. The SMILES string of the molecule is CCCC1CC(CNCCOC)(c2ccccc2OC)C1. The van der Waals surface area contributed by atoms with E-state index in [4.69, 9.17) is 9.47 Å². The third kappa shape index (κ3) is 3.78. The molecule has 0 spiro atoms. The molecule has 1 aromatic rings. The van der Waals surface area contributed by atoms with Gasteiger partial charge in [0.25, 0.3) is 0 Å². The van der Waals surface area contributed by atoms with Crippen LogP contribution < -0.4 is 10.1 Å². The predicted octanol–water partition coefficient (Wildman–Crippen LogP) is 3.38. The van der Waals surface area contributed by atoms with Crippen LogP contribution in [-0.2, 0) is 10.2 Å². The second-order valence-corrected chi connectivity index (χ2v) is 6.21. The lowest BCUT2D eigenvalue weighted by atomic mass is 9.57. The fraction of sp³-hybridized carbons (Fsp3) is 0.667. The number of ether oxygens (including phenoxy) is 2. The zero-order valence-corrected chi connectivity index (χ0v) is 13.7. The lowest BCUT2D eigenvalue weighted by Gasteiger charge is -2.49. The summed E-state index contributed by atoms with van der Waals surface area (Å²) in [6.45, 7) is 4.96. The zero-order valence-electron chi connectivity index (χ0n) is 13.7. The van der Waals surface area contributed by atoms with Gasteiger partial charge >= 0.3 is 0 Å². The van der Waals surface area contributed by atoms with Crippen molar-refractivity contribution < 1.29 is 9.47 Å². The molecule has 118 valence electrons. The standard InChI is InChI=1S/C18H29NO2/c1-4-7-15-12-18(13-15,14-19-10-11-20-2)16-8-5-6-9-17(16)21-3/h5-6,8-9,15,19H,4,7,10-14H2,1-3H3. The molecule has 0 bridgehead atoms. The molecule has 2 rings (SSSR count).